The molecule has 114 valence electrons. The first kappa shape index (κ1) is 17.5. The van der Waals surface area contributed by atoms with Crippen LogP contribution in [0, 0.1) is 11.8 Å². The van der Waals surface area contributed by atoms with Gasteiger partial charge in [-0.15, -0.1) is 0 Å². The normalized spacial score (nSPS) is 11.4. The van der Waals surface area contributed by atoms with E-state index in [1.54, 1.807) is 18.2 Å². The summed E-state index contributed by atoms with van der Waals surface area (Å²) < 4.78 is 5.35. The van der Waals surface area contributed by atoms with Gasteiger partial charge in [-0.1, -0.05) is 23.4 Å². The molecule has 1 aromatic carbocycles. The lowest BCUT2D eigenvalue weighted by Crippen LogP contribution is -2.32. The van der Waals surface area contributed by atoms with Crippen LogP contribution in [-0.2, 0) is 4.74 Å². The lowest BCUT2D eigenvalue weighted by molar-refractivity contribution is 0.0695. The van der Waals surface area contributed by atoms with E-state index in [0.717, 1.165) is 0 Å². The van der Waals surface area contributed by atoms with E-state index in [1.807, 2.05) is 13.8 Å². The van der Waals surface area contributed by atoms with Crippen LogP contribution in [0.25, 0.3) is 0 Å². The molecule has 0 fully saturated rings. The molecule has 1 unspecified atom stereocenters. The smallest absolute Gasteiger partial charge is 0.251 e. The number of carbonyl (C=O) groups excluding carboxylic acids is 1. The number of amides is 1. The van der Waals surface area contributed by atoms with Crippen LogP contribution in [0.3, 0.4) is 0 Å². The van der Waals surface area contributed by atoms with Gasteiger partial charge in [0.05, 0.1) is 17.7 Å². The van der Waals surface area contributed by atoms with E-state index in [2.05, 4.69) is 17.2 Å². The van der Waals surface area contributed by atoms with E-state index in [-0.39, 0.29) is 18.6 Å². The van der Waals surface area contributed by atoms with E-state index in [0.29, 0.717) is 35.7 Å². The van der Waals surface area contributed by atoms with Crippen molar-refractivity contribution < 1.29 is 14.6 Å². The molecule has 1 rings (SSSR count). The van der Waals surface area contributed by atoms with Crippen LogP contribution >= 0.6 is 11.6 Å². The molecule has 0 aliphatic rings. The van der Waals surface area contributed by atoms with Crippen molar-refractivity contribution in [2.45, 2.75) is 26.4 Å². The summed E-state index contributed by atoms with van der Waals surface area (Å²) in [7, 11) is 0. The first-order valence-electron chi connectivity index (χ1n) is 6.87. The number of nitrogens with one attached hydrogen (secondary N) is 1. The lowest BCUT2D eigenvalue weighted by atomic mass is 10.1. The number of aliphatic hydroxyl groups excluding tert-OH is 1. The summed E-state index contributed by atoms with van der Waals surface area (Å²) >= 11 is 6.10. The van der Waals surface area contributed by atoms with Gasteiger partial charge in [-0.3, -0.25) is 4.79 Å². The van der Waals surface area contributed by atoms with Crippen molar-refractivity contribution in [3.8, 4) is 11.8 Å². The van der Waals surface area contributed by atoms with E-state index < -0.39 is 0 Å². The molecule has 4 nitrogen and oxygen atoms in total. The standard InChI is InChI=1S/C16H20ClNO3/c1-3-21-12(2)11-18-16(20)14-8-7-13(15(17)10-14)6-4-5-9-19/h7-8,10,12,19H,3,5,9,11H2,1-2H3,(H,18,20). The van der Waals surface area contributed by atoms with Crippen molar-refractivity contribution in [1.82, 2.24) is 5.32 Å². The number of ether oxygens (including phenoxy) is 1. The monoisotopic (exact) mass is 309 g/mol. The van der Waals surface area contributed by atoms with Crippen LogP contribution in [0.2, 0.25) is 5.02 Å². The molecule has 1 aromatic rings. The number of hydrogen-bond donors (Lipinski definition) is 2. The Balaban J connectivity index is 2.66. The Bertz CT molecular complexity index is 534. The van der Waals surface area contributed by atoms with E-state index in [4.69, 9.17) is 21.4 Å². The first-order chi connectivity index (χ1) is 10.1. The zero-order valence-electron chi connectivity index (χ0n) is 12.3. The van der Waals surface area contributed by atoms with Gasteiger partial charge in [-0.2, -0.15) is 0 Å². The molecule has 21 heavy (non-hydrogen) atoms. The molecule has 1 atom stereocenters. The minimum atomic E-state index is -0.196. The molecule has 5 heteroatoms. The highest BCUT2D eigenvalue weighted by Gasteiger charge is 2.09. The molecular formula is C16H20ClNO3. The van der Waals surface area contributed by atoms with Gasteiger partial charge < -0.3 is 15.2 Å². The van der Waals surface area contributed by atoms with Gasteiger partial charge in [0, 0.05) is 30.7 Å². The maximum absolute atomic E-state index is 12.0. The summed E-state index contributed by atoms with van der Waals surface area (Å²) in [6.07, 6.45) is 0.367. The zero-order chi connectivity index (χ0) is 15.7. The second-order valence-electron chi connectivity index (χ2n) is 4.45. The van der Waals surface area contributed by atoms with Gasteiger partial charge >= 0.3 is 0 Å². The van der Waals surface area contributed by atoms with E-state index in [9.17, 15) is 4.79 Å². The second-order valence-corrected chi connectivity index (χ2v) is 4.85. The molecule has 0 aliphatic carbocycles. The highest BCUT2D eigenvalue weighted by atomic mass is 35.5. The molecule has 0 saturated heterocycles. The molecule has 0 spiro atoms. The van der Waals surface area contributed by atoms with Crippen molar-refractivity contribution in [3.63, 3.8) is 0 Å². The molecule has 0 aromatic heterocycles. The Morgan fingerprint density at radius 3 is 2.90 bits per heavy atom. The number of benzene rings is 1. The predicted octanol–water partition coefficient (Wildman–Crippen LogP) is 2.23. The van der Waals surface area contributed by atoms with Crippen molar-refractivity contribution in [2.24, 2.45) is 0 Å². The van der Waals surface area contributed by atoms with Crippen molar-refractivity contribution in [3.05, 3.63) is 34.3 Å². The van der Waals surface area contributed by atoms with Gasteiger partial charge in [0.2, 0.25) is 0 Å². The van der Waals surface area contributed by atoms with Crippen LogP contribution < -0.4 is 5.32 Å². The number of hydrogen-bond acceptors (Lipinski definition) is 3. The minimum absolute atomic E-state index is 0.0170. The summed E-state index contributed by atoms with van der Waals surface area (Å²) in [5.74, 6) is 5.45. The fourth-order valence-electron chi connectivity index (χ4n) is 1.65. The first-order valence-corrected chi connectivity index (χ1v) is 7.25. The molecule has 0 radical (unpaired) electrons. The maximum Gasteiger partial charge on any atom is 0.251 e. The van der Waals surface area contributed by atoms with Gasteiger partial charge in [-0.25, -0.2) is 0 Å². The Kier molecular flexibility index (Phi) is 7.84. The van der Waals surface area contributed by atoms with E-state index >= 15 is 0 Å². The van der Waals surface area contributed by atoms with Gasteiger partial charge in [-0.05, 0) is 32.0 Å². The van der Waals surface area contributed by atoms with Crippen molar-refractivity contribution in [2.75, 3.05) is 19.8 Å². The number of aliphatic hydroxyl groups is 1. The second kappa shape index (κ2) is 9.41. The summed E-state index contributed by atoms with van der Waals surface area (Å²) in [6.45, 7) is 4.89. The SMILES string of the molecule is CCOC(C)CNC(=O)c1ccc(C#CCCO)c(Cl)c1. The third-order valence-electron chi connectivity index (χ3n) is 2.69. The van der Waals surface area contributed by atoms with Crippen LogP contribution in [0.4, 0.5) is 0 Å². The fourth-order valence-corrected chi connectivity index (χ4v) is 1.88. The summed E-state index contributed by atoms with van der Waals surface area (Å²) in [5, 5.41) is 11.9. The van der Waals surface area contributed by atoms with Crippen LogP contribution in [-0.4, -0.2) is 36.9 Å². The van der Waals surface area contributed by atoms with E-state index in [1.165, 1.54) is 0 Å². The third-order valence-corrected chi connectivity index (χ3v) is 3.01. The Morgan fingerprint density at radius 1 is 1.52 bits per heavy atom. The summed E-state index contributed by atoms with van der Waals surface area (Å²) in [4.78, 5) is 12.0. The quantitative estimate of drug-likeness (QED) is 0.792. The molecule has 2 N–H and O–H groups in total. The molecule has 0 saturated carbocycles. The Labute approximate surface area is 130 Å². The third kappa shape index (κ3) is 6.17. The highest BCUT2D eigenvalue weighted by Crippen LogP contribution is 2.17. The average Bonchev–Trinajstić information content (AvgIpc) is 2.47. The van der Waals surface area contributed by atoms with Gasteiger partial charge in [0.15, 0.2) is 0 Å². The topological polar surface area (TPSA) is 58.6 Å². The van der Waals surface area contributed by atoms with Gasteiger partial charge in [0.25, 0.3) is 5.91 Å². The maximum atomic E-state index is 12.0. The average molecular weight is 310 g/mol. The largest absolute Gasteiger partial charge is 0.395 e. The predicted molar refractivity (Wildman–Crippen MR) is 83.5 cm³/mol. The molecule has 0 bridgehead atoms. The molecule has 0 aliphatic heterocycles. The fraction of sp³-hybridized carbons (Fsp3) is 0.438. The molecule has 1 amide bonds. The number of halogens is 1. The number of rotatable bonds is 6. The van der Waals surface area contributed by atoms with Crippen LogP contribution in [0.15, 0.2) is 18.2 Å². The van der Waals surface area contributed by atoms with Crippen LogP contribution in [0.1, 0.15) is 36.2 Å². The highest BCUT2D eigenvalue weighted by molar-refractivity contribution is 6.32. The van der Waals surface area contributed by atoms with Gasteiger partial charge in [0.1, 0.15) is 0 Å². The Morgan fingerprint density at radius 2 is 2.29 bits per heavy atom. The Hall–Kier alpha value is -1.54. The zero-order valence-corrected chi connectivity index (χ0v) is 13.0. The number of carbonyl (C=O) groups is 1. The van der Waals surface area contributed by atoms with Crippen LogP contribution in [0.5, 0.6) is 0 Å². The van der Waals surface area contributed by atoms with Crippen molar-refractivity contribution in [1.29, 1.82) is 0 Å². The summed E-state index contributed by atoms with van der Waals surface area (Å²) in [5.41, 5.74) is 1.13. The molecule has 0 heterocycles. The lowest BCUT2D eigenvalue weighted by Gasteiger charge is -2.12. The minimum Gasteiger partial charge on any atom is -0.395 e. The summed E-state index contributed by atoms with van der Waals surface area (Å²) in [6, 6.07) is 4.97. The van der Waals surface area contributed by atoms with Crippen molar-refractivity contribution >= 4 is 17.5 Å². The molecular weight excluding hydrogens is 290 g/mol.